The Balaban J connectivity index is 1.81. The van der Waals surface area contributed by atoms with Gasteiger partial charge >= 0.3 is 0 Å². The first-order valence-electron chi connectivity index (χ1n) is 7.31. The number of H-pyrrole nitrogens is 1. The Morgan fingerprint density at radius 3 is 2.74 bits per heavy atom. The van der Waals surface area contributed by atoms with Gasteiger partial charge in [-0.05, 0) is 37.3 Å². The van der Waals surface area contributed by atoms with E-state index in [-0.39, 0.29) is 0 Å². The number of carbonyl (C=O) groups is 1. The maximum Gasteiger partial charge on any atom is 0.150 e. The summed E-state index contributed by atoms with van der Waals surface area (Å²) in [7, 11) is 0. The van der Waals surface area contributed by atoms with Crippen molar-refractivity contribution in [3.05, 3.63) is 66.0 Å². The van der Waals surface area contributed by atoms with Gasteiger partial charge in [0.25, 0.3) is 0 Å². The third-order valence-corrected chi connectivity index (χ3v) is 3.82. The molecule has 0 spiro atoms. The number of benzene rings is 2. The van der Waals surface area contributed by atoms with E-state index in [1.807, 2.05) is 54.2 Å². The maximum atomic E-state index is 10.9. The molecule has 4 rings (SSSR count). The Hall–Kier alpha value is -3.21. The summed E-state index contributed by atoms with van der Waals surface area (Å²) >= 11 is 0. The highest BCUT2D eigenvalue weighted by atomic mass is 16.1. The summed E-state index contributed by atoms with van der Waals surface area (Å²) in [6.07, 6.45) is 2.79. The quantitative estimate of drug-likeness (QED) is 0.589. The molecule has 23 heavy (non-hydrogen) atoms. The van der Waals surface area contributed by atoms with Crippen LogP contribution in [-0.4, -0.2) is 26.0 Å². The highest BCUT2D eigenvalue weighted by molar-refractivity contribution is 5.86. The van der Waals surface area contributed by atoms with E-state index in [0.29, 0.717) is 5.56 Å². The topological polar surface area (TPSA) is 63.6 Å². The zero-order valence-corrected chi connectivity index (χ0v) is 12.5. The minimum absolute atomic E-state index is 0.629. The number of rotatable bonds is 3. The molecular formula is C18H14N4O. The normalized spacial score (nSPS) is 11.0. The van der Waals surface area contributed by atoms with Gasteiger partial charge in [-0.15, -0.1) is 0 Å². The number of nitrogens with zero attached hydrogens (tertiary/aromatic N) is 3. The van der Waals surface area contributed by atoms with Crippen molar-refractivity contribution in [2.75, 3.05) is 0 Å². The van der Waals surface area contributed by atoms with Gasteiger partial charge in [-0.2, -0.15) is 5.10 Å². The van der Waals surface area contributed by atoms with Gasteiger partial charge in [0.1, 0.15) is 12.1 Å². The summed E-state index contributed by atoms with van der Waals surface area (Å²) in [6, 6.07) is 15.4. The van der Waals surface area contributed by atoms with Crippen LogP contribution in [0.2, 0.25) is 0 Å². The molecule has 5 nitrogen and oxygen atoms in total. The SMILES string of the molecule is Cc1nn(-c2ccccc2)cc1-c1nc2ccc(C=O)cc2[nH]1. The molecule has 0 fully saturated rings. The first-order valence-corrected chi connectivity index (χ1v) is 7.31. The zero-order chi connectivity index (χ0) is 15.8. The molecule has 5 heteroatoms. The van der Waals surface area contributed by atoms with Crippen LogP contribution < -0.4 is 0 Å². The van der Waals surface area contributed by atoms with Crippen LogP contribution in [0.15, 0.2) is 54.7 Å². The molecule has 0 unspecified atom stereocenters. The molecule has 2 heterocycles. The van der Waals surface area contributed by atoms with Gasteiger partial charge in [0.2, 0.25) is 0 Å². The number of fused-ring (bicyclic) bond motifs is 1. The summed E-state index contributed by atoms with van der Waals surface area (Å²) in [5.74, 6) is 0.753. The molecule has 2 aromatic carbocycles. The van der Waals surface area contributed by atoms with Gasteiger partial charge in [-0.25, -0.2) is 9.67 Å². The fourth-order valence-corrected chi connectivity index (χ4v) is 2.63. The summed E-state index contributed by atoms with van der Waals surface area (Å²) in [6.45, 7) is 1.96. The largest absolute Gasteiger partial charge is 0.338 e. The van der Waals surface area contributed by atoms with E-state index >= 15 is 0 Å². The lowest BCUT2D eigenvalue weighted by molar-refractivity contribution is 0.112. The van der Waals surface area contributed by atoms with Crippen LogP contribution in [0.4, 0.5) is 0 Å². The molecule has 4 aromatic rings. The fourth-order valence-electron chi connectivity index (χ4n) is 2.63. The van der Waals surface area contributed by atoms with Gasteiger partial charge in [-0.3, -0.25) is 4.79 Å². The number of aromatic amines is 1. The summed E-state index contributed by atoms with van der Waals surface area (Å²) < 4.78 is 1.84. The molecule has 2 aromatic heterocycles. The number of aryl methyl sites for hydroxylation is 1. The number of imidazole rings is 1. The highest BCUT2D eigenvalue weighted by Crippen LogP contribution is 2.24. The molecule has 0 aliphatic rings. The minimum atomic E-state index is 0.629. The average Bonchev–Trinajstić information content (AvgIpc) is 3.18. The van der Waals surface area contributed by atoms with E-state index in [1.165, 1.54) is 0 Å². The van der Waals surface area contributed by atoms with Crippen molar-refractivity contribution in [2.24, 2.45) is 0 Å². The van der Waals surface area contributed by atoms with Gasteiger partial charge in [0.15, 0.2) is 0 Å². The Morgan fingerprint density at radius 1 is 1.13 bits per heavy atom. The minimum Gasteiger partial charge on any atom is -0.338 e. The molecular weight excluding hydrogens is 288 g/mol. The lowest BCUT2D eigenvalue weighted by Gasteiger charge is -1.98. The Labute approximate surface area is 132 Å². The summed E-state index contributed by atoms with van der Waals surface area (Å²) in [5, 5.41) is 4.56. The first-order chi connectivity index (χ1) is 11.2. The van der Waals surface area contributed by atoms with E-state index < -0.39 is 0 Å². The predicted octanol–water partition coefficient (Wildman–Crippen LogP) is 3.54. The Bertz CT molecular complexity index is 998. The average molecular weight is 302 g/mol. The van der Waals surface area contributed by atoms with Crippen molar-refractivity contribution in [1.82, 2.24) is 19.7 Å². The van der Waals surface area contributed by atoms with Crippen molar-refractivity contribution in [3.63, 3.8) is 0 Å². The second-order valence-electron chi connectivity index (χ2n) is 5.39. The van der Waals surface area contributed by atoms with Crippen molar-refractivity contribution in [3.8, 4) is 17.1 Å². The van der Waals surface area contributed by atoms with Crippen LogP contribution in [0.1, 0.15) is 16.1 Å². The monoisotopic (exact) mass is 302 g/mol. The second kappa shape index (κ2) is 5.21. The summed E-state index contributed by atoms with van der Waals surface area (Å²) in [5.41, 5.74) is 5.14. The molecule has 0 aliphatic heterocycles. The number of hydrogen-bond acceptors (Lipinski definition) is 3. The lowest BCUT2D eigenvalue weighted by Crippen LogP contribution is -1.93. The number of nitrogens with one attached hydrogen (secondary N) is 1. The molecule has 1 N–H and O–H groups in total. The van der Waals surface area contributed by atoms with E-state index in [4.69, 9.17) is 0 Å². The van der Waals surface area contributed by atoms with Gasteiger partial charge in [0.05, 0.1) is 28.0 Å². The van der Waals surface area contributed by atoms with E-state index in [2.05, 4.69) is 15.1 Å². The molecule has 0 atom stereocenters. The predicted molar refractivity (Wildman–Crippen MR) is 88.8 cm³/mol. The van der Waals surface area contributed by atoms with E-state index in [9.17, 15) is 4.79 Å². The molecule has 0 radical (unpaired) electrons. The van der Waals surface area contributed by atoms with Gasteiger partial charge in [0, 0.05) is 11.8 Å². The summed E-state index contributed by atoms with van der Waals surface area (Å²) in [4.78, 5) is 18.8. The number of para-hydroxylation sites is 1. The van der Waals surface area contributed by atoms with E-state index in [0.717, 1.165) is 40.1 Å². The van der Waals surface area contributed by atoms with Gasteiger partial charge in [-0.1, -0.05) is 18.2 Å². The third kappa shape index (κ3) is 2.32. The third-order valence-electron chi connectivity index (χ3n) is 3.82. The number of aromatic nitrogens is 4. The molecule has 0 aliphatic carbocycles. The van der Waals surface area contributed by atoms with Crippen LogP contribution in [0.3, 0.4) is 0 Å². The zero-order valence-electron chi connectivity index (χ0n) is 12.5. The molecule has 0 amide bonds. The molecule has 0 saturated heterocycles. The number of aldehydes is 1. The smallest absolute Gasteiger partial charge is 0.150 e. The van der Waals surface area contributed by atoms with Crippen molar-refractivity contribution in [1.29, 1.82) is 0 Å². The Morgan fingerprint density at radius 2 is 1.96 bits per heavy atom. The van der Waals surface area contributed by atoms with Crippen LogP contribution in [0.25, 0.3) is 28.1 Å². The van der Waals surface area contributed by atoms with Crippen LogP contribution >= 0.6 is 0 Å². The van der Waals surface area contributed by atoms with E-state index in [1.54, 1.807) is 12.1 Å². The highest BCUT2D eigenvalue weighted by Gasteiger charge is 2.12. The van der Waals surface area contributed by atoms with Gasteiger partial charge < -0.3 is 4.98 Å². The standard InChI is InChI=1S/C18H14N4O/c1-12-15(10-22(21-12)14-5-3-2-4-6-14)18-19-16-8-7-13(11-23)9-17(16)20-18/h2-11H,1H3,(H,19,20). The van der Waals surface area contributed by atoms with Crippen LogP contribution in [0, 0.1) is 6.92 Å². The Kier molecular flexibility index (Phi) is 3.05. The maximum absolute atomic E-state index is 10.9. The number of hydrogen-bond donors (Lipinski definition) is 1. The van der Waals surface area contributed by atoms with Crippen molar-refractivity contribution >= 4 is 17.3 Å². The van der Waals surface area contributed by atoms with Crippen LogP contribution in [0.5, 0.6) is 0 Å². The number of carbonyl (C=O) groups excluding carboxylic acids is 1. The second-order valence-corrected chi connectivity index (χ2v) is 5.39. The molecule has 0 bridgehead atoms. The van der Waals surface area contributed by atoms with Crippen molar-refractivity contribution < 1.29 is 4.79 Å². The van der Waals surface area contributed by atoms with Crippen LogP contribution in [-0.2, 0) is 0 Å². The fraction of sp³-hybridized carbons (Fsp3) is 0.0556. The van der Waals surface area contributed by atoms with Crippen molar-refractivity contribution in [2.45, 2.75) is 6.92 Å². The molecule has 0 saturated carbocycles. The molecule has 112 valence electrons. The first kappa shape index (κ1) is 13.5. The lowest BCUT2D eigenvalue weighted by atomic mass is 10.2.